The van der Waals surface area contributed by atoms with E-state index in [2.05, 4.69) is 10.0 Å². The number of rotatable bonds is 2. The van der Waals surface area contributed by atoms with Gasteiger partial charge in [0.05, 0.1) is 11.3 Å². The van der Waals surface area contributed by atoms with Gasteiger partial charge in [-0.3, -0.25) is 0 Å². The van der Waals surface area contributed by atoms with E-state index in [0.29, 0.717) is 0 Å². The number of carbonyl (C=O) groups excluding carboxylic acids is 1. The fraction of sp³-hybridized carbons (Fsp3) is 0.364. The second-order valence-electron chi connectivity index (χ2n) is 4.21. The number of carbonyl (C=O) groups is 1. The maximum absolute atomic E-state index is 11.8. The number of benzene rings is 1. The van der Waals surface area contributed by atoms with Crippen LogP contribution in [0.1, 0.15) is 31.1 Å². The summed E-state index contributed by atoms with van der Waals surface area (Å²) in [5.41, 5.74) is 8.35. The number of hydrogen-bond acceptors (Lipinski definition) is 3. The van der Waals surface area contributed by atoms with Gasteiger partial charge in [-0.15, -0.1) is 0 Å². The standard InChI is InChI=1S/C11H13N3O2/c1-11(2,3)16-10(15)8-6-4-5-7-9(8)13-14-12/h4-7H,1-3H3. The van der Waals surface area contributed by atoms with Crippen LogP contribution in [0.4, 0.5) is 5.69 Å². The molecule has 0 fully saturated rings. The van der Waals surface area contributed by atoms with E-state index in [4.69, 9.17) is 10.3 Å². The third kappa shape index (κ3) is 3.29. The summed E-state index contributed by atoms with van der Waals surface area (Å²) in [6.45, 7) is 5.34. The lowest BCUT2D eigenvalue weighted by Gasteiger charge is -2.19. The molecule has 0 aliphatic carbocycles. The lowest BCUT2D eigenvalue weighted by molar-refractivity contribution is 0.00706. The molecule has 0 amide bonds. The molecule has 5 nitrogen and oxygen atoms in total. The molecule has 0 bridgehead atoms. The largest absolute Gasteiger partial charge is 0.456 e. The molecule has 0 saturated heterocycles. The predicted molar refractivity (Wildman–Crippen MR) is 60.4 cm³/mol. The first-order valence-electron chi connectivity index (χ1n) is 4.81. The Balaban J connectivity index is 3.04. The zero-order valence-corrected chi connectivity index (χ0v) is 9.47. The van der Waals surface area contributed by atoms with Gasteiger partial charge in [0.25, 0.3) is 0 Å². The van der Waals surface area contributed by atoms with Crippen LogP contribution in [0.2, 0.25) is 0 Å². The first-order valence-corrected chi connectivity index (χ1v) is 4.81. The molecule has 0 spiro atoms. The Morgan fingerprint density at radius 1 is 1.38 bits per heavy atom. The summed E-state index contributed by atoms with van der Waals surface area (Å²) in [6, 6.07) is 6.52. The predicted octanol–water partition coefficient (Wildman–Crippen LogP) is 3.58. The molecule has 0 atom stereocenters. The molecule has 0 radical (unpaired) electrons. The van der Waals surface area contributed by atoms with Gasteiger partial charge in [0.2, 0.25) is 0 Å². The smallest absolute Gasteiger partial charge is 0.339 e. The van der Waals surface area contributed by atoms with Crippen molar-refractivity contribution < 1.29 is 9.53 Å². The van der Waals surface area contributed by atoms with Crippen molar-refractivity contribution in [2.75, 3.05) is 0 Å². The summed E-state index contributed by atoms with van der Waals surface area (Å²) in [5, 5.41) is 3.44. The van der Waals surface area contributed by atoms with Crippen molar-refractivity contribution in [1.82, 2.24) is 0 Å². The van der Waals surface area contributed by atoms with Gasteiger partial charge in [-0.1, -0.05) is 23.3 Å². The van der Waals surface area contributed by atoms with Crippen molar-refractivity contribution in [2.24, 2.45) is 5.11 Å². The van der Waals surface area contributed by atoms with Crippen LogP contribution in [0.5, 0.6) is 0 Å². The second-order valence-corrected chi connectivity index (χ2v) is 4.21. The Morgan fingerprint density at radius 3 is 2.56 bits per heavy atom. The molecule has 0 heterocycles. The fourth-order valence-corrected chi connectivity index (χ4v) is 1.11. The zero-order chi connectivity index (χ0) is 12.2. The third-order valence-corrected chi connectivity index (χ3v) is 1.68. The minimum atomic E-state index is -0.569. The van der Waals surface area contributed by atoms with Gasteiger partial charge in [-0.05, 0) is 32.4 Å². The molecule has 1 rings (SSSR count). The molecule has 0 saturated carbocycles. The average Bonchev–Trinajstić information content (AvgIpc) is 2.16. The summed E-state index contributed by atoms with van der Waals surface area (Å²) >= 11 is 0. The quantitative estimate of drug-likeness (QED) is 0.330. The summed E-state index contributed by atoms with van der Waals surface area (Å²) < 4.78 is 5.19. The van der Waals surface area contributed by atoms with Crippen molar-refractivity contribution in [1.29, 1.82) is 0 Å². The highest BCUT2D eigenvalue weighted by atomic mass is 16.6. The van der Waals surface area contributed by atoms with E-state index in [0.717, 1.165) is 0 Å². The van der Waals surface area contributed by atoms with Crippen molar-refractivity contribution in [3.8, 4) is 0 Å². The van der Waals surface area contributed by atoms with Crippen LogP contribution in [0.3, 0.4) is 0 Å². The first-order chi connectivity index (χ1) is 7.44. The maximum atomic E-state index is 11.8. The van der Waals surface area contributed by atoms with Crippen molar-refractivity contribution >= 4 is 11.7 Å². The van der Waals surface area contributed by atoms with Gasteiger partial charge in [-0.2, -0.15) is 0 Å². The summed E-state index contributed by atoms with van der Waals surface area (Å²) in [4.78, 5) is 14.4. The number of ether oxygens (including phenoxy) is 1. The molecule has 1 aromatic rings. The van der Waals surface area contributed by atoms with Crippen LogP contribution >= 0.6 is 0 Å². The number of hydrogen-bond donors (Lipinski definition) is 0. The Morgan fingerprint density at radius 2 is 2.00 bits per heavy atom. The maximum Gasteiger partial charge on any atom is 0.339 e. The third-order valence-electron chi connectivity index (χ3n) is 1.68. The Labute approximate surface area is 93.7 Å². The highest BCUT2D eigenvalue weighted by molar-refractivity contribution is 5.95. The number of azide groups is 1. The van der Waals surface area contributed by atoms with Crippen molar-refractivity contribution in [3.05, 3.63) is 40.3 Å². The highest BCUT2D eigenvalue weighted by Gasteiger charge is 2.19. The molecule has 16 heavy (non-hydrogen) atoms. The van der Waals surface area contributed by atoms with Gasteiger partial charge in [0.15, 0.2) is 0 Å². The van der Waals surface area contributed by atoms with Gasteiger partial charge >= 0.3 is 5.97 Å². The van der Waals surface area contributed by atoms with E-state index < -0.39 is 11.6 Å². The molecule has 84 valence electrons. The van der Waals surface area contributed by atoms with Gasteiger partial charge in [0, 0.05) is 4.91 Å². The minimum absolute atomic E-state index is 0.273. The van der Waals surface area contributed by atoms with E-state index in [1.165, 1.54) is 0 Å². The average molecular weight is 219 g/mol. The van der Waals surface area contributed by atoms with Gasteiger partial charge in [-0.25, -0.2) is 4.79 Å². The highest BCUT2D eigenvalue weighted by Crippen LogP contribution is 2.21. The first kappa shape index (κ1) is 12.1. The molecule has 0 aromatic heterocycles. The van der Waals surface area contributed by atoms with Crippen LogP contribution in [-0.2, 0) is 4.74 Å². The minimum Gasteiger partial charge on any atom is -0.456 e. The monoisotopic (exact) mass is 219 g/mol. The molecular formula is C11H13N3O2. The van der Waals surface area contributed by atoms with E-state index >= 15 is 0 Å². The lowest BCUT2D eigenvalue weighted by Crippen LogP contribution is -2.23. The van der Waals surface area contributed by atoms with E-state index in [9.17, 15) is 4.79 Å². The van der Waals surface area contributed by atoms with Crippen molar-refractivity contribution in [2.45, 2.75) is 26.4 Å². The SMILES string of the molecule is CC(C)(C)OC(=O)c1ccccc1N=[N+]=[N-]. The summed E-state index contributed by atoms with van der Waals surface area (Å²) in [7, 11) is 0. The van der Waals surface area contributed by atoms with E-state index in [-0.39, 0.29) is 11.3 Å². The second kappa shape index (κ2) is 4.68. The lowest BCUT2D eigenvalue weighted by atomic mass is 10.1. The van der Waals surface area contributed by atoms with Crippen molar-refractivity contribution in [3.63, 3.8) is 0 Å². The molecular weight excluding hydrogens is 206 g/mol. The van der Waals surface area contributed by atoms with E-state index in [1.807, 2.05) is 0 Å². The Hall–Kier alpha value is -2.00. The van der Waals surface area contributed by atoms with Gasteiger partial charge in [0.1, 0.15) is 5.60 Å². The van der Waals surface area contributed by atoms with E-state index in [1.54, 1.807) is 45.0 Å². The molecule has 0 unspecified atom stereocenters. The Bertz CT molecular complexity index is 443. The van der Waals surface area contributed by atoms with Crippen LogP contribution in [0.25, 0.3) is 10.4 Å². The van der Waals surface area contributed by atoms with Crippen LogP contribution in [0.15, 0.2) is 29.4 Å². The summed E-state index contributed by atoms with van der Waals surface area (Å²) in [6.07, 6.45) is 0. The Kier molecular flexibility index (Phi) is 3.53. The van der Waals surface area contributed by atoms with Gasteiger partial charge < -0.3 is 4.74 Å². The molecule has 5 heteroatoms. The molecule has 0 N–H and O–H groups in total. The fourth-order valence-electron chi connectivity index (χ4n) is 1.11. The van der Waals surface area contributed by atoms with Crippen LogP contribution in [-0.4, -0.2) is 11.6 Å². The molecule has 0 aliphatic rings. The number of nitrogens with zero attached hydrogens (tertiary/aromatic N) is 3. The topological polar surface area (TPSA) is 75.1 Å². The molecule has 0 aliphatic heterocycles. The zero-order valence-electron chi connectivity index (χ0n) is 9.47. The summed E-state index contributed by atoms with van der Waals surface area (Å²) in [5.74, 6) is -0.490. The number of esters is 1. The van der Waals surface area contributed by atoms with Crippen LogP contribution in [0, 0.1) is 0 Å². The molecule has 1 aromatic carbocycles. The van der Waals surface area contributed by atoms with Crippen LogP contribution < -0.4 is 0 Å². The normalized spacial score (nSPS) is 10.4.